The van der Waals surface area contributed by atoms with Gasteiger partial charge in [-0.25, -0.2) is 4.98 Å². The molecule has 0 saturated carbocycles. The Kier molecular flexibility index (Phi) is 3.83. The van der Waals surface area contributed by atoms with E-state index in [1.807, 2.05) is 36.6 Å². The largest absolute Gasteiger partial charge is 0.508 e. The number of benzene rings is 1. The molecule has 0 aliphatic heterocycles. The van der Waals surface area contributed by atoms with Gasteiger partial charge in [0.05, 0.1) is 17.9 Å². The zero-order valence-corrected chi connectivity index (χ0v) is 12.4. The number of hydrogen-bond acceptors (Lipinski definition) is 5. The summed E-state index contributed by atoms with van der Waals surface area (Å²) < 4.78 is 0. The van der Waals surface area contributed by atoms with E-state index in [1.165, 1.54) is 0 Å². The molecule has 0 bridgehead atoms. The second kappa shape index (κ2) is 5.93. The van der Waals surface area contributed by atoms with E-state index in [-0.39, 0.29) is 5.75 Å². The maximum atomic E-state index is 9.41. The van der Waals surface area contributed by atoms with Crippen LogP contribution in [0.15, 0.2) is 48.0 Å². The van der Waals surface area contributed by atoms with Crippen LogP contribution >= 0.6 is 11.3 Å². The summed E-state index contributed by atoms with van der Waals surface area (Å²) >= 11 is 1.59. The van der Waals surface area contributed by atoms with Crippen LogP contribution in [0.1, 0.15) is 11.3 Å². The standard InChI is InChI=1S/C16H15N3OS/c1-11-8-13(20)5-6-14(11)18-9-12-10-21-16(19-12)15-4-2-3-7-17-15/h2-8,10,18,20H,9H2,1H3. The zero-order valence-electron chi connectivity index (χ0n) is 11.6. The fraction of sp³-hybridized carbons (Fsp3) is 0.125. The molecule has 2 N–H and O–H groups in total. The van der Waals surface area contributed by atoms with E-state index in [2.05, 4.69) is 15.3 Å². The average Bonchev–Trinajstić information content (AvgIpc) is 2.96. The van der Waals surface area contributed by atoms with Crippen molar-refractivity contribution in [1.82, 2.24) is 9.97 Å². The summed E-state index contributed by atoms with van der Waals surface area (Å²) in [7, 11) is 0. The number of thiazole rings is 1. The molecule has 0 spiro atoms. The third-order valence-corrected chi connectivity index (χ3v) is 4.02. The minimum atomic E-state index is 0.282. The number of aromatic nitrogens is 2. The molecule has 0 radical (unpaired) electrons. The lowest BCUT2D eigenvalue weighted by molar-refractivity contribution is 0.475. The highest BCUT2D eigenvalue weighted by molar-refractivity contribution is 7.13. The number of phenolic OH excluding ortho intramolecular Hbond substituents is 1. The van der Waals surface area contributed by atoms with Crippen LogP contribution in [0.2, 0.25) is 0 Å². The van der Waals surface area contributed by atoms with E-state index < -0.39 is 0 Å². The predicted octanol–water partition coefficient (Wildman–Crippen LogP) is 3.83. The molecule has 3 rings (SSSR count). The third-order valence-electron chi connectivity index (χ3n) is 3.11. The Morgan fingerprint density at radius 2 is 2.14 bits per heavy atom. The van der Waals surface area contributed by atoms with E-state index in [1.54, 1.807) is 29.7 Å². The molecular formula is C16H15N3OS. The summed E-state index contributed by atoms with van der Waals surface area (Å²) in [5.74, 6) is 0.282. The number of aryl methyl sites for hydroxylation is 1. The molecule has 0 aliphatic carbocycles. The van der Waals surface area contributed by atoms with Crippen LogP contribution < -0.4 is 5.32 Å². The van der Waals surface area contributed by atoms with Crippen LogP contribution in [0.25, 0.3) is 10.7 Å². The van der Waals surface area contributed by atoms with Gasteiger partial charge in [0.25, 0.3) is 0 Å². The molecule has 1 aromatic carbocycles. The van der Waals surface area contributed by atoms with Gasteiger partial charge in [-0.05, 0) is 42.8 Å². The predicted molar refractivity (Wildman–Crippen MR) is 85.5 cm³/mol. The van der Waals surface area contributed by atoms with Gasteiger partial charge in [0.2, 0.25) is 0 Å². The Hall–Kier alpha value is -2.40. The summed E-state index contributed by atoms with van der Waals surface area (Å²) in [5.41, 5.74) is 3.89. The van der Waals surface area contributed by atoms with Gasteiger partial charge in [-0.3, -0.25) is 4.98 Å². The Bertz CT molecular complexity index is 740. The summed E-state index contributed by atoms with van der Waals surface area (Å²) in [6.45, 7) is 2.61. The zero-order chi connectivity index (χ0) is 14.7. The molecule has 106 valence electrons. The fourth-order valence-corrected chi connectivity index (χ4v) is 2.82. The van der Waals surface area contributed by atoms with Gasteiger partial charge >= 0.3 is 0 Å². The van der Waals surface area contributed by atoms with Crippen molar-refractivity contribution in [3.8, 4) is 16.5 Å². The first kappa shape index (κ1) is 13.6. The number of aromatic hydroxyl groups is 1. The second-order valence-electron chi connectivity index (χ2n) is 4.71. The Balaban J connectivity index is 1.70. The summed E-state index contributed by atoms with van der Waals surface area (Å²) in [4.78, 5) is 8.89. The third kappa shape index (κ3) is 3.20. The molecule has 0 aliphatic rings. The van der Waals surface area contributed by atoms with Crippen molar-refractivity contribution in [2.75, 3.05) is 5.32 Å². The number of nitrogens with one attached hydrogen (secondary N) is 1. The lowest BCUT2D eigenvalue weighted by atomic mass is 10.2. The molecule has 4 nitrogen and oxygen atoms in total. The monoisotopic (exact) mass is 297 g/mol. The van der Waals surface area contributed by atoms with Gasteiger partial charge in [0.15, 0.2) is 0 Å². The number of pyridine rings is 1. The van der Waals surface area contributed by atoms with Gasteiger partial charge in [-0.1, -0.05) is 6.07 Å². The van der Waals surface area contributed by atoms with Gasteiger partial charge < -0.3 is 10.4 Å². The quantitative estimate of drug-likeness (QED) is 0.719. The Morgan fingerprint density at radius 3 is 2.90 bits per heavy atom. The number of hydrogen-bond donors (Lipinski definition) is 2. The van der Waals surface area contributed by atoms with Crippen LogP contribution in [-0.2, 0) is 6.54 Å². The minimum Gasteiger partial charge on any atom is -0.508 e. The van der Waals surface area contributed by atoms with E-state index in [0.29, 0.717) is 6.54 Å². The normalized spacial score (nSPS) is 10.5. The van der Waals surface area contributed by atoms with Crippen molar-refractivity contribution in [2.45, 2.75) is 13.5 Å². The molecule has 0 amide bonds. The molecule has 5 heteroatoms. The topological polar surface area (TPSA) is 58.0 Å². The van der Waals surface area contributed by atoms with Crippen LogP contribution in [-0.4, -0.2) is 15.1 Å². The maximum Gasteiger partial charge on any atom is 0.142 e. The van der Waals surface area contributed by atoms with E-state index in [9.17, 15) is 5.11 Å². The first-order valence-corrected chi connectivity index (χ1v) is 7.49. The minimum absolute atomic E-state index is 0.282. The Morgan fingerprint density at radius 1 is 1.24 bits per heavy atom. The van der Waals surface area contributed by atoms with Crippen molar-refractivity contribution >= 4 is 17.0 Å². The van der Waals surface area contributed by atoms with E-state index in [0.717, 1.165) is 27.6 Å². The van der Waals surface area contributed by atoms with E-state index >= 15 is 0 Å². The maximum absolute atomic E-state index is 9.41. The molecule has 0 atom stereocenters. The number of anilines is 1. The van der Waals surface area contributed by atoms with E-state index in [4.69, 9.17) is 0 Å². The second-order valence-corrected chi connectivity index (χ2v) is 5.57. The van der Waals surface area contributed by atoms with Crippen LogP contribution in [0.5, 0.6) is 5.75 Å². The van der Waals surface area contributed by atoms with Crippen molar-refractivity contribution < 1.29 is 5.11 Å². The van der Waals surface area contributed by atoms with Crippen molar-refractivity contribution in [1.29, 1.82) is 0 Å². The highest BCUT2D eigenvalue weighted by Gasteiger charge is 2.06. The summed E-state index contributed by atoms with van der Waals surface area (Å²) in [5, 5.41) is 15.7. The van der Waals surface area contributed by atoms with Gasteiger partial charge in [0.1, 0.15) is 10.8 Å². The van der Waals surface area contributed by atoms with Crippen molar-refractivity contribution in [2.24, 2.45) is 0 Å². The van der Waals surface area contributed by atoms with Gasteiger partial charge in [0, 0.05) is 17.3 Å². The first-order valence-electron chi connectivity index (χ1n) is 6.61. The highest BCUT2D eigenvalue weighted by Crippen LogP contribution is 2.23. The van der Waals surface area contributed by atoms with Crippen LogP contribution in [0, 0.1) is 6.92 Å². The van der Waals surface area contributed by atoms with Crippen molar-refractivity contribution in [3.05, 3.63) is 59.2 Å². The molecule has 0 saturated heterocycles. The molecule has 2 aromatic heterocycles. The van der Waals surface area contributed by atoms with Crippen molar-refractivity contribution in [3.63, 3.8) is 0 Å². The Labute approximate surface area is 127 Å². The molecule has 3 aromatic rings. The van der Waals surface area contributed by atoms with Gasteiger partial charge in [-0.15, -0.1) is 11.3 Å². The lowest BCUT2D eigenvalue weighted by Crippen LogP contribution is -2.01. The molecular weight excluding hydrogens is 282 g/mol. The molecule has 0 unspecified atom stereocenters. The summed E-state index contributed by atoms with van der Waals surface area (Å²) in [6.07, 6.45) is 1.77. The summed E-state index contributed by atoms with van der Waals surface area (Å²) in [6, 6.07) is 11.1. The van der Waals surface area contributed by atoms with Crippen LogP contribution in [0.3, 0.4) is 0 Å². The number of nitrogens with zero attached hydrogens (tertiary/aromatic N) is 2. The number of phenols is 1. The average molecular weight is 297 g/mol. The first-order chi connectivity index (χ1) is 10.2. The lowest BCUT2D eigenvalue weighted by Gasteiger charge is -2.08. The van der Waals surface area contributed by atoms with Crippen LogP contribution in [0.4, 0.5) is 5.69 Å². The number of rotatable bonds is 4. The fourth-order valence-electron chi connectivity index (χ4n) is 2.03. The SMILES string of the molecule is Cc1cc(O)ccc1NCc1csc(-c2ccccn2)n1. The smallest absolute Gasteiger partial charge is 0.142 e. The molecule has 0 fully saturated rings. The highest BCUT2D eigenvalue weighted by atomic mass is 32.1. The van der Waals surface area contributed by atoms with Gasteiger partial charge in [-0.2, -0.15) is 0 Å². The molecule has 21 heavy (non-hydrogen) atoms. The molecule has 2 heterocycles.